The molecule has 7 heteroatoms. The first-order valence-electron chi connectivity index (χ1n) is 10.3. The second-order valence-electron chi connectivity index (χ2n) is 7.52. The lowest BCUT2D eigenvalue weighted by Gasteiger charge is -2.12. The van der Waals surface area contributed by atoms with E-state index in [0.717, 1.165) is 25.2 Å². The van der Waals surface area contributed by atoms with E-state index in [2.05, 4.69) is 16.0 Å². The van der Waals surface area contributed by atoms with Crippen LogP contribution in [0.2, 0.25) is 0 Å². The van der Waals surface area contributed by atoms with E-state index in [1.54, 1.807) is 30.3 Å². The summed E-state index contributed by atoms with van der Waals surface area (Å²) in [6.45, 7) is 5.29. The molecule has 2 amide bonds. The number of ether oxygens (including phenoxy) is 2. The molecule has 1 heterocycles. The Balaban J connectivity index is 1.46. The van der Waals surface area contributed by atoms with E-state index >= 15 is 0 Å². The molecule has 30 heavy (non-hydrogen) atoms. The molecule has 0 aromatic heterocycles. The number of nitrogens with one attached hydrogen (secondary N) is 3. The Bertz CT molecular complexity index is 846. The number of benzene rings is 2. The maximum Gasteiger partial charge on any atom is 0.251 e. The summed E-state index contributed by atoms with van der Waals surface area (Å²) in [5.41, 5.74) is 1.94. The molecule has 1 aliphatic rings. The van der Waals surface area contributed by atoms with Gasteiger partial charge in [-0.25, -0.2) is 0 Å². The maximum atomic E-state index is 12.3. The van der Waals surface area contributed by atoms with Crippen molar-refractivity contribution in [2.24, 2.45) is 0 Å². The first-order chi connectivity index (χ1) is 14.5. The number of carbonyl (C=O) groups excluding carboxylic acids is 2. The average molecular weight is 412 g/mol. The van der Waals surface area contributed by atoms with E-state index in [1.807, 2.05) is 32.0 Å². The molecule has 0 spiro atoms. The fourth-order valence-electron chi connectivity index (χ4n) is 3.16. The summed E-state index contributed by atoms with van der Waals surface area (Å²) in [6, 6.07) is 14.3. The number of anilines is 2. The molecule has 1 aliphatic heterocycles. The average Bonchev–Trinajstić information content (AvgIpc) is 3.25. The second kappa shape index (κ2) is 10.6. The number of carbonyl (C=O) groups is 2. The van der Waals surface area contributed by atoms with Crippen molar-refractivity contribution in [1.29, 1.82) is 0 Å². The molecule has 1 unspecified atom stereocenters. The van der Waals surface area contributed by atoms with Crippen LogP contribution in [0.3, 0.4) is 0 Å². The van der Waals surface area contributed by atoms with Crippen LogP contribution in [0.4, 0.5) is 11.4 Å². The Hall–Kier alpha value is -3.06. The fourth-order valence-corrected chi connectivity index (χ4v) is 3.16. The van der Waals surface area contributed by atoms with Gasteiger partial charge in [0, 0.05) is 30.1 Å². The van der Waals surface area contributed by atoms with Crippen LogP contribution in [-0.4, -0.2) is 43.7 Å². The summed E-state index contributed by atoms with van der Waals surface area (Å²) < 4.78 is 11.1. The van der Waals surface area contributed by atoms with E-state index in [4.69, 9.17) is 9.47 Å². The molecular weight excluding hydrogens is 382 g/mol. The Labute approximate surface area is 177 Å². The maximum absolute atomic E-state index is 12.3. The molecule has 2 aromatic rings. The summed E-state index contributed by atoms with van der Waals surface area (Å²) in [4.78, 5) is 24.6. The first-order valence-corrected chi connectivity index (χ1v) is 10.3. The van der Waals surface area contributed by atoms with Gasteiger partial charge in [0.2, 0.25) is 5.91 Å². The molecule has 1 saturated heterocycles. The monoisotopic (exact) mass is 411 g/mol. The van der Waals surface area contributed by atoms with Crippen molar-refractivity contribution in [1.82, 2.24) is 5.32 Å². The number of rotatable bonds is 9. The summed E-state index contributed by atoms with van der Waals surface area (Å²) in [5, 5.41) is 8.79. The van der Waals surface area contributed by atoms with Crippen molar-refractivity contribution in [2.45, 2.75) is 38.9 Å². The van der Waals surface area contributed by atoms with Gasteiger partial charge in [0.1, 0.15) is 5.75 Å². The van der Waals surface area contributed by atoms with Crippen LogP contribution in [0.1, 0.15) is 37.0 Å². The van der Waals surface area contributed by atoms with Gasteiger partial charge in [-0.15, -0.1) is 0 Å². The van der Waals surface area contributed by atoms with Crippen LogP contribution in [0, 0.1) is 0 Å². The molecule has 3 rings (SSSR count). The van der Waals surface area contributed by atoms with Crippen molar-refractivity contribution in [3.05, 3.63) is 54.1 Å². The minimum absolute atomic E-state index is 0.0885. The van der Waals surface area contributed by atoms with Gasteiger partial charge in [-0.2, -0.15) is 0 Å². The Morgan fingerprint density at radius 3 is 2.63 bits per heavy atom. The molecule has 0 bridgehead atoms. The number of hydrogen-bond donors (Lipinski definition) is 3. The molecule has 1 fully saturated rings. The number of hydrogen-bond acceptors (Lipinski definition) is 5. The minimum Gasteiger partial charge on any atom is -0.491 e. The minimum atomic E-state index is -0.180. The van der Waals surface area contributed by atoms with Gasteiger partial charge in [-0.3, -0.25) is 9.59 Å². The highest BCUT2D eigenvalue weighted by atomic mass is 16.5. The van der Waals surface area contributed by atoms with Crippen LogP contribution >= 0.6 is 0 Å². The highest BCUT2D eigenvalue weighted by Crippen LogP contribution is 2.17. The van der Waals surface area contributed by atoms with Gasteiger partial charge in [0.05, 0.1) is 18.8 Å². The van der Waals surface area contributed by atoms with Crippen LogP contribution in [0.25, 0.3) is 0 Å². The third-order valence-electron chi connectivity index (χ3n) is 4.60. The zero-order chi connectivity index (χ0) is 21.3. The van der Waals surface area contributed by atoms with Gasteiger partial charge in [0.15, 0.2) is 0 Å². The van der Waals surface area contributed by atoms with Crippen molar-refractivity contribution in [3.63, 3.8) is 0 Å². The van der Waals surface area contributed by atoms with Crippen LogP contribution in [0.15, 0.2) is 48.5 Å². The van der Waals surface area contributed by atoms with Crippen molar-refractivity contribution in [2.75, 3.05) is 30.3 Å². The predicted molar refractivity (Wildman–Crippen MR) is 117 cm³/mol. The highest BCUT2D eigenvalue weighted by Gasteiger charge is 2.16. The van der Waals surface area contributed by atoms with Crippen LogP contribution < -0.4 is 20.7 Å². The molecule has 3 N–H and O–H groups in total. The third kappa shape index (κ3) is 6.77. The summed E-state index contributed by atoms with van der Waals surface area (Å²) >= 11 is 0. The molecule has 0 radical (unpaired) electrons. The van der Waals surface area contributed by atoms with E-state index in [1.165, 1.54) is 0 Å². The molecule has 0 saturated carbocycles. The molecule has 7 nitrogen and oxygen atoms in total. The normalized spacial score (nSPS) is 15.6. The Morgan fingerprint density at radius 2 is 1.93 bits per heavy atom. The smallest absolute Gasteiger partial charge is 0.251 e. The zero-order valence-electron chi connectivity index (χ0n) is 17.4. The van der Waals surface area contributed by atoms with E-state index < -0.39 is 0 Å². The zero-order valence-corrected chi connectivity index (χ0v) is 17.4. The SMILES string of the molecule is CC(C)Oc1ccc(NC(=O)CNc2cccc(C(=O)NCC3CCCO3)c2)cc1. The lowest BCUT2D eigenvalue weighted by Crippen LogP contribution is -2.31. The first kappa shape index (κ1) is 21.6. The van der Waals surface area contributed by atoms with Gasteiger partial charge in [0.25, 0.3) is 5.91 Å². The van der Waals surface area contributed by atoms with E-state index in [-0.39, 0.29) is 30.6 Å². The van der Waals surface area contributed by atoms with Gasteiger partial charge < -0.3 is 25.4 Å². The lowest BCUT2D eigenvalue weighted by molar-refractivity contribution is -0.114. The molecule has 0 aliphatic carbocycles. The van der Waals surface area contributed by atoms with E-state index in [0.29, 0.717) is 23.5 Å². The summed E-state index contributed by atoms with van der Waals surface area (Å²) in [7, 11) is 0. The van der Waals surface area contributed by atoms with Crippen LogP contribution in [0.5, 0.6) is 5.75 Å². The largest absolute Gasteiger partial charge is 0.491 e. The standard InChI is InChI=1S/C23H29N3O4/c1-16(2)30-20-10-8-18(9-11-20)26-22(27)15-24-19-6-3-5-17(13-19)23(28)25-14-21-7-4-12-29-21/h3,5-6,8-11,13,16,21,24H,4,7,12,14-15H2,1-2H3,(H,25,28)(H,26,27). The summed E-state index contributed by atoms with van der Waals surface area (Å²) in [5.74, 6) is 0.429. The summed E-state index contributed by atoms with van der Waals surface area (Å²) in [6.07, 6.45) is 2.22. The van der Waals surface area contributed by atoms with Crippen molar-refractivity contribution >= 4 is 23.2 Å². The molecule has 2 aromatic carbocycles. The van der Waals surface area contributed by atoms with Gasteiger partial charge >= 0.3 is 0 Å². The third-order valence-corrected chi connectivity index (χ3v) is 4.60. The van der Waals surface area contributed by atoms with Crippen molar-refractivity contribution < 1.29 is 19.1 Å². The topological polar surface area (TPSA) is 88.7 Å². The van der Waals surface area contributed by atoms with E-state index in [9.17, 15) is 9.59 Å². The highest BCUT2D eigenvalue weighted by molar-refractivity contribution is 5.96. The molecule has 160 valence electrons. The second-order valence-corrected chi connectivity index (χ2v) is 7.52. The van der Waals surface area contributed by atoms with Crippen LogP contribution in [-0.2, 0) is 9.53 Å². The Morgan fingerprint density at radius 1 is 1.13 bits per heavy atom. The Kier molecular flexibility index (Phi) is 7.68. The molecular formula is C23H29N3O4. The van der Waals surface area contributed by atoms with Gasteiger partial charge in [-0.05, 0) is 69.2 Å². The molecule has 1 atom stereocenters. The number of amides is 2. The lowest BCUT2D eigenvalue weighted by atomic mass is 10.1. The van der Waals surface area contributed by atoms with Crippen molar-refractivity contribution in [3.8, 4) is 5.75 Å². The fraction of sp³-hybridized carbons (Fsp3) is 0.391. The van der Waals surface area contributed by atoms with Gasteiger partial charge in [-0.1, -0.05) is 6.07 Å². The quantitative estimate of drug-likeness (QED) is 0.588. The predicted octanol–water partition coefficient (Wildman–Crippen LogP) is 3.43.